The lowest BCUT2D eigenvalue weighted by molar-refractivity contribution is 1.18. The number of aromatic nitrogens is 1. The van der Waals surface area contributed by atoms with Crippen LogP contribution in [0, 0.1) is 6.92 Å². The Morgan fingerprint density at radius 3 is 2.53 bits per heavy atom. The summed E-state index contributed by atoms with van der Waals surface area (Å²) in [5.41, 5.74) is 8.79. The van der Waals surface area contributed by atoms with Crippen molar-refractivity contribution in [2.24, 2.45) is 0 Å². The molecule has 3 heteroatoms. The molecule has 0 amide bonds. The summed E-state index contributed by atoms with van der Waals surface area (Å²) >= 11 is 1.67. The van der Waals surface area contributed by atoms with Gasteiger partial charge >= 0.3 is 0 Å². The molecule has 0 fully saturated rings. The third-order valence-corrected chi connectivity index (χ3v) is 3.88. The molecule has 2 N–H and O–H groups in total. The molecule has 0 aliphatic heterocycles. The number of hydrogen-bond acceptors (Lipinski definition) is 3. The lowest BCUT2D eigenvalue weighted by Crippen LogP contribution is -1.87. The molecular weight excluding hydrogens is 252 g/mol. The Bertz CT molecular complexity index is 720. The normalized spacial score (nSPS) is 10.8. The van der Waals surface area contributed by atoms with Crippen LogP contribution in [0.5, 0.6) is 0 Å². The largest absolute Gasteiger partial charge is 0.399 e. The van der Waals surface area contributed by atoms with Gasteiger partial charge in [-0.1, -0.05) is 35.5 Å². The molecule has 2 aromatic carbocycles. The third-order valence-electron chi connectivity index (χ3n) is 2.93. The summed E-state index contributed by atoms with van der Waals surface area (Å²) < 4.78 is 0. The van der Waals surface area contributed by atoms with Crippen molar-refractivity contribution >= 4 is 28.4 Å². The second kappa shape index (κ2) is 4.94. The second-order valence-electron chi connectivity index (χ2n) is 4.52. The van der Waals surface area contributed by atoms with E-state index in [9.17, 15) is 0 Å². The van der Waals surface area contributed by atoms with E-state index >= 15 is 0 Å². The summed E-state index contributed by atoms with van der Waals surface area (Å²) in [6.07, 6.45) is 0. The monoisotopic (exact) mass is 266 g/mol. The second-order valence-corrected chi connectivity index (χ2v) is 5.61. The highest BCUT2D eigenvalue weighted by molar-refractivity contribution is 7.99. The summed E-state index contributed by atoms with van der Waals surface area (Å²) in [7, 11) is 0. The number of hydrogen-bond donors (Lipinski definition) is 1. The van der Waals surface area contributed by atoms with Gasteiger partial charge in [0.1, 0.15) is 5.03 Å². The van der Waals surface area contributed by atoms with E-state index in [1.807, 2.05) is 24.3 Å². The van der Waals surface area contributed by atoms with Gasteiger partial charge in [-0.05, 0) is 43.3 Å². The van der Waals surface area contributed by atoms with E-state index in [0.29, 0.717) is 0 Å². The van der Waals surface area contributed by atoms with Gasteiger partial charge in [0.2, 0.25) is 0 Å². The van der Waals surface area contributed by atoms with Crippen molar-refractivity contribution in [2.75, 3.05) is 5.73 Å². The first-order valence-corrected chi connectivity index (χ1v) is 6.93. The Morgan fingerprint density at radius 2 is 1.74 bits per heavy atom. The highest BCUT2D eigenvalue weighted by Gasteiger charge is 2.01. The van der Waals surface area contributed by atoms with Crippen molar-refractivity contribution in [3.8, 4) is 0 Å². The zero-order valence-electron chi connectivity index (χ0n) is 10.6. The minimum atomic E-state index is 0.772. The van der Waals surface area contributed by atoms with Gasteiger partial charge in [0.05, 0.1) is 5.52 Å². The van der Waals surface area contributed by atoms with Gasteiger partial charge in [-0.2, -0.15) is 0 Å². The summed E-state index contributed by atoms with van der Waals surface area (Å²) in [5.74, 6) is 0. The summed E-state index contributed by atoms with van der Waals surface area (Å²) in [6.45, 7) is 2.09. The minimum Gasteiger partial charge on any atom is -0.399 e. The van der Waals surface area contributed by atoms with Crippen LogP contribution in [0.3, 0.4) is 0 Å². The van der Waals surface area contributed by atoms with Crippen LogP contribution in [0.15, 0.2) is 64.5 Å². The van der Waals surface area contributed by atoms with Gasteiger partial charge in [0.25, 0.3) is 0 Å². The van der Waals surface area contributed by atoms with Crippen LogP contribution in [-0.4, -0.2) is 4.98 Å². The standard InChI is InChI=1S/C16H14N2S/c1-11-2-6-14(7-3-11)19-16-9-4-12-10-13(17)5-8-15(12)18-16/h2-10H,17H2,1H3. The molecule has 2 nitrogen and oxygen atoms in total. The fraction of sp³-hybridized carbons (Fsp3) is 0.0625. The predicted octanol–water partition coefficient (Wildman–Crippen LogP) is 4.28. The van der Waals surface area contributed by atoms with Crippen LogP contribution >= 0.6 is 11.8 Å². The Kier molecular flexibility index (Phi) is 3.13. The molecule has 0 bridgehead atoms. The van der Waals surface area contributed by atoms with Crippen LogP contribution in [-0.2, 0) is 0 Å². The molecular formula is C16H14N2S. The highest BCUT2D eigenvalue weighted by atomic mass is 32.2. The minimum absolute atomic E-state index is 0.772. The van der Waals surface area contributed by atoms with E-state index in [4.69, 9.17) is 5.73 Å². The van der Waals surface area contributed by atoms with Crippen LogP contribution < -0.4 is 5.73 Å². The Morgan fingerprint density at radius 1 is 0.947 bits per heavy atom. The van der Waals surface area contributed by atoms with Gasteiger partial charge in [0, 0.05) is 16.0 Å². The molecule has 3 aromatic rings. The van der Waals surface area contributed by atoms with Gasteiger partial charge in [-0.15, -0.1) is 0 Å². The number of aryl methyl sites for hydroxylation is 1. The average Bonchev–Trinajstić information content (AvgIpc) is 2.42. The smallest absolute Gasteiger partial charge is 0.101 e. The summed E-state index contributed by atoms with van der Waals surface area (Å²) in [5, 5.41) is 2.08. The predicted molar refractivity (Wildman–Crippen MR) is 81.5 cm³/mol. The molecule has 0 unspecified atom stereocenters. The number of rotatable bonds is 2. The van der Waals surface area contributed by atoms with Crippen molar-refractivity contribution in [1.82, 2.24) is 4.98 Å². The van der Waals surface area contributed by atoms with E-state index in [0.717, 1.165) is 21.6 Å². The maximum Gasteiger partial charge on any atom is 0.101 e. The maximum absolute atomic E-state index is 5.77. The molecule has 3 rings (SSSR count). The Hall–Kier alpha value is -2.00. The van der Waals surface area contributed by atoms with Crippen molar-refractivity contribution in [1.29, 1.82) is 0 Å². The van der Waals surface area contributed by atoms with Crippen molar-refractivity contribution in [2.45, 2.75) is 16.8 Å². The molecule has 0 atom stereocenters. The first-order chi connectivity index (χ1) is 9.20. The average molecular weight is 266 g/mol. The highest BCUT2D eigenvalue weighted by Crippen LogP contribution is 2.28. The summed E-state index contributed by atoms with van der Waals surface area (Å²) in [6, 6.07) is 18.4. The molecule has 0 saturated heterocycles. The lowest BCUT2D eigenvalue weighted by Gasteiger charge is -2.04. The number of benzene rings is 2. The van der Waals surface area contributed by atoms with Crippen LogP contribution in [0.1, 0.15) is 5.56 Å². The third kappa shape index (κ3) is 2.71. The number of nitrogens with zero attached hydrogens (tertiary/aromatic N) is 1. The number of nitrogens with two attached hydrogens (primary N) is 1. The molecule has 94 valence electrons. The van der Waals surface area contributed by atoms with E-state index in [2.05, 4.69) is 42.2 Å². The van der Waals surface area contributed by atoms with Gasteiger partial charge in [0.15, 0.2) is 0 Å². The molecule has 1 aromatic heterocycles. The van der Waals surface area contributed by atoms with Crippen LogP contribution in [0.2, 0.25) is 0 Å². The van der Waals surface area contributed by atoms with Gasteiger partial charge in [-0.25, -0.2) is 4.98 Å². The fourth-order valence-corrected chi connectivity index (χ4v) is 2.70. The zero-order valence-corrected chi connectivity index (χ0v) is 11.4. The zero-order chi connectivity index (χ0) is 13.2. The Balaban J connectivity index is 1.93. The quantitative estimate of drug-likeness (QED) is 0.704. The molecule has 0 radical (unpaired) electrons. The number of fused-ring (bicyclic) bond motifs is 1. The molecule has 0 spiro atoms. The first-order valence-electron chi connectivity index (χ1n) is 6.11. The maximum atomic E-state index is 5.77. The van der Waals surface area contributed by atoms with Crippen molar-refractivity contribution in [3.63, 3.8) is 0 Å². The molecule has 19 heavy (non-hydrogen) atoms. The van der Waals surface area contributed by atoms with Crippen molar-refractivity contribution in [3.05, 3.63) is 60.2 Å². The number of anilines is 1. The first kappa shape index (κ1) is 12.1. The number of nitrogen functional groups attached to an aromatic ring is 1. The molecule has 0 aliphatic carbocycles. The fourth-order valence-electron chi connectivity index (χ4n) is 1.91. The SMILES string of the molecule is Cc1ccc(Sc2ccc3cc(N)ccc3n2)cc1. The molecule has 0 aliphatic rings. The van der Waals surface area contributed by atoms with Crippen molar-refractivity contribution < 1.29 is 0 Å². The van der Waals surface area contributed by atoms with E-state index < -0.39 is 0 Å². The molecule has 0 saturated carbocycles. The van der Waals surface area contributed by atoms with Crippen LogP contribution in [0.4, 0.5) is 5.69 Å². The molecule has 1 heterocycles. The Labute approximate surface area is 116 Å². The van der Waals surface area contributed by atoms with E-state index in [-0.39, 0.29) is 0 Å². The van der Waals surface area contributed by atoms with E-state index in [1.165, 1.54) is 10.5 Å². The summed E-state index contributed by atoms with van der Waals surface area (Å²) in [4.78, 5) is 5.84. The number of pyridine rings is 1. The van der Waals surface area contributed by atoms with Crippen LogP contribution in [0.25, 0.3) is 10.9 Å². The van der Waals surface area contributed by atoms with E-state index in [1.54, 1.807) is 11.8 Å². The van der Waals surface area contributed by atoms with Gasteiger partial charge in [-0.3, -0.25) is 0 Å². The lowest BCUT2D eigenvalue weighted by atomic mass is 10.2. The topological polar surface area (TPSA) is 38.9 Å². The van der Waals surface area contributed by atoms with Gasteiger partial charge < -0.3 is 5.73 Å².